The summed E-state index contributed by atoms with van der Waals surface area (Å²) in [4.78, 5) is 11.4. The van der Waals surface area contributed by atoms with Crippen molar-refractivity contribution in [3.05, 3.63) is 52.4 Å². The maximum absolute atomic E-state index is 13.8. The number of nitrogens with zero attached hydrogens (tertiary/aromatic N) is 1. The molecule has 2 aromatic carbocycles. The Morgan fingerprint density at radius 3 is 2.81 bits per heavy atom. The van der Waals surface area contributed by atoms with Gasteiger partial charge in [-0.1, -0.05) is 11.6 Å². The topological polar surface area (TPSA) is 66.0 Å². The van der Waals surface area contributed by atoms with Crippen LogP contribution in [0.5, 0.6) is 0 Å². The third-order valence-corrected chi connectivity index (χ3v) is 3.66. The summed E-state index contributed by atoms with van der Waals surface area (Å²) in [5.41, 5.74) is 2.05. The maximum atomic E-state index is 13.8. The third-order valence-electron chi connectivity index (χ3n) is 3.35. The van der Waals surface area contributed by atoms with Gasteiger partial charge in [0.25, 0.3) is 0 Å². The number of aryl methyl sites for hydroxylation is 1. The van der Waals surface area contributed by atoms with Crippen molar-refractivity contribution in [2.24, 2.45) is 0 Å². The molecule has 0 amide bonds. The van der Waals surface area contributed by atoms with Crippen LogP contribution in [-0.2, 0) is 0 Å². The van der Waals surface area contributed by atoms with Crippen LogP contribution in [0.4, 0.5) is 4.39 Å². The predicted octanol–water partition coefficient (Wildman–Crippen LogP) is 4.03. The zero-order valence-corrected chi connectivity index (χ0v) is 11.7. The van der Waals surface area contributed by atoms with E-state index in [-0.39, 0.29) is 5.56 Å². The van der Waals surface area contributed by atoms with Crippen LogP contribution in [0.1, 0.15) is 15.9 Å². The van der Waals surface area contributed by atoms with Crippen LogP contribution < -0.4 is 0 Å². The summed E-state index contributed by atoms with van der Waals surface area (Å²) < 4.78 is 13.8. The van der Waals surface area contributed by atoms with E-state index in [1.165, 1.54) is 24.4 Å². The first-order valence-electron chi connectivity index (χ1n) is 6.14. The van der Waals surface area contributed by atoms with Gasteiger partial charge in [0.15, 0.2) is 0 Å². The van der Waals surface area contributed by atoms with Crippen LogP contribution in [0.25, 0.3) is 22.0 Å². The molecule has 0 saturated heterocycles. The lowest BCUT2D eigenvalue weighted by atomic mass is 9.99. The molecule has 21 heavy (non-hydrogen) atoms. The highest BCUT2D eigenvalue weighted by molar-refractivity contribution is 6.33. The highest BCUT2D eigenvalue weighted by Crippen LogP contribution is 2.33. The first kappa shape index (κ1) is 13.6. The molecule has 106 valence electrons. The molecule has 0 saturated carbocycles. The number of benzene rings is 2. The van der Waals surface area contributed by atoms with Gasteiger partial charge in [-0.3, -0.25) is 5.10 Å². The van der Waals surface area contributed by atoms with Crippen molar-refractivity contribution in [1.82, 2.24) is 10.2 Å². The summed E-state index contributed by atoms with van der Waals surface area (Å²) in [6.07, 6.45) is 1.44. The summed E-state index contributed by atoms with van der Waals surface area (Å²) in [6, 6.07) is 5.99. The molecule has 1 heterocycles. The highest BCUT2D eigenvalue weighted by Gasteiger charge is 2.15. The normalized spacial score (nSPS) is 11.0. The quantitative estimate of drug-likeness (QED) is 0.751. The van der Waals surface area contributed by atoms with Gasteiger partial charge in [-0.05, 0) is 42.3 Å². The van der Waals surface area contributed by atoms with E-state index in [0.717, 1.165) is 0 Å². The Morgan fingerprint density at radius 2 is 2.10 bits per heavy atom. The molecule has 1 aromatic heterocycles. The lowest BCUT2D eigenvalue weighted by molar-refractivity contribution is 0.0699. The molecule has 0 aliphatic rings. The summed E-state index contributed by atoms with van der Waals surface area (Å²) in [7, 11) is 0. The Morgan fingerprint density at radius 1 is 1.33 bits per heavy atom. The molecule has 0 aliphatic heterocycles. The fourth-order valence-electron chi connectivity index (χ4n) is 2.25. The van der Waals surface area contributed by atoms with E-state index >= 15 is 0 Å². The van der Waals surface area contributed by atoms with Crippen LogP contribution in [0.2, 0.25) is 5.02 Å². The van der Waals surface area contributed by atoms with Gasteiger partial charge in [0, 0.05) is 16.0 Å². The molecule has 6 heteroatoms. The molecule has 3 rings (SSSR count). The van der Waals surface area contributed by atoms with Crippen molar-refractivity contribution < 1.29 is 14.3 Å². The van der Waals surface area contributed by atoms with Crippen molar-refractivity contribution in [1.29, 1.82) is 0 Å². The minimum atomic E-state index is -1.08. The Hall–Kier alpha value is -2.40. The number of aromatic nitrogens is 2. The van der Waals surface area contributed by atoms with Gasteiger partial charge in [0.05, 0.1) is 17.3 Å². The number of H-pyrrole nitrogens is 1. The second-order valence-electron chi connectivity index (χ2n) is 4.74. The summed E-state index contributed by atoms with van der Waals surface area (Å²) in [6.45, 7) is 1.62. The monoisotopic (exact) mass is 304 g/mol. The molecule has 0 spiro atoms. The molecular formula is C15H10ClFN2O2. The first-order chi connectivity index (χ1) is 9.97. The second kappa shape index (κ2) is 4.86. The van der Waals surface area contributed by atoms with Gasteiger partial charge in [-0.2, -0.15) is 5.10 Å². The van der Waals surface area contributed by atoms with Gasteiger partial charge < -0.3 is 5.11 Å². The van der Waals surface area contributed by atoms with E-state index in [4.69, 9.17) is 11.6 Å². The molecule has 0 radical (unpaired) electrons. The van der Waals surface area contributed by atoms with Crippen LogP contribution in [0.15, 0.2) is 30.5 Å². The number of aromatic carboxylic acids is 1. The van der Waals surface area contributed by atoms with Gasteiger partial charge in [-0.25, -0.2) is 9.18 Å². The summed E-state index contributed by atoms with van der Waals surface area (Å²) in [5, 5.41) is 16.7. The van der Waals surface area contributed by atoms with E-state index in [2.05, 4.69) is 10.2 Å². The fraction of sp³-hybridized carbons (Fsp3) is 0.0667. The largest absolute Gasteiger partial charge is 0.478 e. The van der Waals surface area contributed by atoms with E-state index in [1.807, 2.05) is 0 Å². The zero-order valence-electron chi connectivity index (χ0n) is 10.9. The van der Waals surface area contributed by atoms with E-state index in [0.29, 0.717) is 32.6 Å². The van der Waals surface area contributed by atoms with Crippen molar-refractivity contribution in [3.8, 4) is 11.1 Å². The average molecular weight is 305 g/mol. The number of hydrogen-bond acceptors (Lipinski definition) is 2. The van der Waals surface area contributed by atoms with Crippen molar-refractivity contribution >= 4 is 28.5 Å². The molecule has 0 fully saturated rings. The number of halogens is 2. The molecule has 2 N–H and O–H groups in total. The number of rotatable bonds is 2. The Kier molecular flexibility index (Phi) is 3.14. The van der Waals surface area contributed by atoms with Gasteiger partial charge in [0.1, 0.15) is 5.82 Å². The lowest BCUT2D eigenvalue weighted by Crippen LogP contribution is -1.98. The number of fused-ring (bicyclic) bond motifs is 1. The molecular weight excluding hydrogens is 295 g/mol. The van der Waals surface area contributed by atoms with Crippen LogP contribution in [0.3, 0.4) is 0 Å². The summed E-state index contributed by atoms with van der Waals surface area (Å²) in [5.74, 6) is -1.47. The lowest BCUT2D eigenvalue weighted by Gasteiger charge is -2.08. The molecule has 4 nitrogen and oxygen atoms in total. The van der Waals surface area contributed by atoms with Gasteiger partial charge in [-0.15, -0.1) is 0 Å². The van der Waals surface area contributed by atoms with Crippen LogP contribution in [0, 0.1) is 12.7 Å². The maximum Gasteiger partial charge on any atom is 0.336 e. The highest BCUT2D eigenvalue weighted by atomic mass is 35.5. The van der Waals surface area contributed by atoms with Crippen molar-refractivity contribution in [3.63, 3.8) is 0 Å². The van der Waals surface area contributed by atoms with E-state index < -0.39 is 11.8 Å². The predicted molar refractivity (Wildman–Crippen MR) is 78.2 cm³/mol. The van der Waals surface area contributed by atoms with Crippen molar-refractivity contribution in [2.75, 3.05) is 0 Å². The molecule has 0 atom stereocenters. The Balaban J connectivity index is 2.30. The standard InChI is InChI=1S/C15H10ClFN2O2/c1-7-2-12(16)9(5-13(7)17)8-3-10(15(20)21)11-6-18-19-14(11)4-8/h2-6H,1H3,(H,18,19)(H,20,21). The SMILES string of the molecule is Cc1cc(Cl)c(-c2cc(C(=O)O)c3cn[nH]c3c2)cc1F. The van der Waals surface area contributed by atoms with Crippen LogP contribution >= 0.6 is 11.6 Å². The number of carbonyl (C=O) groups is 1. The Labute approximate surface area is 124 Å². The first-order valence-corrected chi connectivity index (χ1v) is 6.51. The third kappa shape index (κ3) is 2.25. The van der Waals surface area contributed by atoms with E-state index in [1.54, 1.807) is 13.0 Å². The molecule has 0 unspecified atom stereocenters. The second-order valence-corrected chi connectivity index (χ2v) is 5.15. The average Bonchev–Trinajstić information content (AvgIpc) is 2.89. The van der Waals surface area contributed by atoms with Gasteiger partial charge >= 0.3 is 5.97 Å². The summed E-state index contributed by atoms with van der Waals surface area (Å²) >= 11 is 6.15. The Bertz CT molecular complexity index is 873. The number of carboxylic acids is 1. The number of hydrogen-bond donors (Lipinski definition) is 2. The minimum absolute atomic E-state index is 0.0910. The minimum Gasteiger partial charge on any atom is -0.478 e. The van der Waals surface area contributed by atoms with Crippen LogP contribution in [-0.4, -0.2) is 21.3 Å². The number of carboxylic acid groups (broad SMARTS) is 1. The number of nitrogens with one attached hydrogen (secondary N) is 1. The van der Waals surface area contributed by atoms with Crippen molar-refractivity contribution in [2.45, 2.75) is 6.92 Å². The molecule has 3 aromatic rings. The fourth-order valence-corrected chi connectivity index (χ4v) is 2.58. The number of aromatic amines is 1. The van der Waals surface area contributed by atoms with E-state index in [9.17, 15) is 14.3 Å². The molecule has 0 bridgehead atoms. The smallest absolute Gasteiger partial charge is 0.336 e. The molecule has 0 aliphatic carbocycles. The zero-order chi connectivity index (χ0) is 15.1. The van der Waals surface area contributed by atoms with Gasteiger partial charge in [0.2, 0.25) is 0 Å².